The Kier molecular flexibility index (Phi) is 9.01. The standard InChI is InChI=1S/C16H31N3O2.HI/c1-3-17-15(18-13-16(20)8-4-9-16)19(2)10-5-14-6-11-21-12-7-14;/h14,20H,3-13H2,1-2H3,(H,17,18);1H. The van der Waals surface area contributed by atoms with Gasteiger partial charge in [-0.25, -0.2) is 0 Å². The molecule has 1 saturated heterocycles. The zero-order chi connectivity index (χ0) is 15.1. The number of ether oxygens (including phenoxy) is 1. The summed E-state index contributed by atoms with van der Waals surface area (Å²) in [5.74, 6) is 1.70. The van der Waals surface area contributed by atoms with Gasteiger partial charge in [-0.3, -0.25) is 4.99 Å². The molecule has 0 aromatic rings. The van der Waals surface area contributed by atoms with E-state index in [0.29, 0.717) is 6.54 Å². The van der Waals surface area contributed by atoms with Gasteiger partial charge in [0.2, 0.25) is 0 Å². The molecule has 22 heavy (non-hydrogen) atoms. The maximum absolute atomic E-state index is 10.2. The lowest BCUT2D eigenvalue weighted by molar-refractivity contribution is -0.0237. The van der Waals surface area contributed by atoms with E-state index in [1.165, 1.54) is 19.3 Å². The lowest BCUT2D eigenvalue weighted by atomic mass is 9.80. The molecule has 0 aromatic carbocycles. The summed E-state index contributed by atoms with van der Waals surface area (Å²) in [5.41, 5.74) is -0.539. The highest BCUT2D eigenvalue weighted by atomic mass is 127. The fraction of sp³-hybridized carbons (Fsp3) is 0.938. The fourth-order valence-corrected chi connectivity index (χ4v) is 2.95. The summed E-state index contributed by atoms with van der Waals surface area (Å²) in [6.07, 6.45) is 6.46. The summed E-state index contributed by atoms with van der Waals surface area (Å²) in [5, 5.41) is 13.5. The van der Waals surface area contributed by atoms with Crippen molar-refractivity contribution in [1.29, 1.82) is 0 Å². The van der Waals surface area contributed by atoms with Crippen molar-refractivity contribution in [3.63, 3.8) is 0 Å². The Morgan fingerprint density at radius 3 is 2.59 bits per heavy atom. The molecule has 0 unspecified atom stereocenters. The maximum Gasteiger partial charge on any atom is 0.193 e. The SMILES string of the molecule is CCNC(=NCC1(O)CCC1)N(C)CCC1CCOCC1.I. The van der Waals surface area contributed by atoms with Crippen LogP contribution < -0.4 is 5.32 Å². The van der Waals surface area contributed by atoms with E-state index < -0.39 is 5.60 Å². The second-order valence-corrected chi connectivity index (χ2v) is 6.51. The van der Waals surface area contributed by atoms with E-state index in [9.17, 15) is 5.11 Å². The summed E-state index contributed by atoms with van der Waals surface area (Å²) in [4.78, 5) is 6.82. The van der Waals surface area contributed by atoms with Crippen LogP contribution in [0.3, 0.4) is 0 Å². The molecule has 130 valence electrons. The van der Waals surface area contributed by atoms with Gasteiger partial charge in [0, 0.05) is 33.4 Å². The van der Waals surface area contributed by atoms with Crippen molar-refractivity contribution in [1.82, 2.24) is 10.2 Å². The molecule has 6 heteroatoms. The van der Waals surface area contributed by atoms with Gasteiger partial charge in [-0.15, -0.1) is 24.0 Å². The zero-order valence-electron chi connectivity index (χ0n) is 14.0. The minimum Gasteiger partial charge on any atom is -0.388 e. The van der Waals surface area contributed by atoms with E-state index in [4.69, 9.17) is 4.74 Å². The number of guanidine groups is 1. The van der Waals surface area contributed by atoms with Crippen LogP contribution in [0.1, 0.15) is 45.4 Å². The van der Waals surface area contributed by atoms with Gasteiger partial charge in [0.05, 0.1) is 12.1 Å². The molecule has 0 aromatic heterocycles. The molecule has 5 nitrogen and oxygen atoms in total. The Hall–Kier alpha value is -0.0800. The number of rotatable bonds is 6. The third-order valence-electron chi connectivity index (χ3n) is 4.72. The first-order valence-electron chi connectivity index (χ1n) is 8.42. The number of nitrogens with one attached hydrogen (secondary N) is 1. The number of aliphatic imine (C=N–C) groups is 1. The fourth-order valence-electron chi connectivity index (χ4n) is 2.95. The largest absolute Gasteiger partial charge is 0.388 e. The van der Waals surface area contributed by atoms with Gasteiger partial charge in [0.15, 0.2) is 5.96 Å². The molecule has 0 atom stereocenters. The van der Waals surface area contributed by atoms with E-state index in [2.05, 4.69) is 29.2 Å². The van der Waals surface area contributed by atoms with Crippen LogP contribution in [0, 0.1) is 5.92 Å². The van der Waals surface area contributed by atoms with E-state index in [0.717, 1.165) is 57.4 Å². The summed E-state index contributed by atoms with van der Waals surface area (Å²) in [6.45, 7) is 6.30. The monoisotopic (exact) mass is 425 g/mol. The van der Waals surface area contributed by atoms with Gasteiger partial charge in [-0.2, -0.15) is 0 Å². The Bertz CT molecular complexity index is 342. The molecular weight excluding hydrogens is 393 g/mol. The second kappa shape index (κ2) is 9.93. The molecule has 0 spiro atoms. The Labute approximate surface area is 151 Å². The minimum absolute atomic E-state index is 0. The summed E-state index contributed by atoms with van der Waals surface area (Å²) >= 11 is 0. The number of aliphatic hydroxyl groups is 1. The van der Waals surface area contributed by atoms with Gasteiger partial charge < -0.3 is 20.1 Å². The molecule has 1 heterocycles. The Morgan fingerprint density at radius 1 is 1.36 bits per heavy atom. The van der Waals surface area contributed by atoms with Crippen molar-refractivity contribution >= 4 is 29.9 Å². The van der Waals surface area contributed by atoms with Gasteiger partial charge in [-0.05, 0) is 51.4 Å². The smallest absolute Gasteiger partial charge is 0.193 e. The van der Waals surface area contributed by atoms with E-state index >= 15 is 0 Å². The first kappa shape index (κ1) is 20.0. The first-order valence-corrected chi connectivity index (χ1v) is 8.42. The summed E-state index contributed by atoms with van der Waals surface area (Å²) in [7, 11) is 2.09. The predicted molar refractivity (Wildman–Crippen MR) is 101 cm³/mol. The maximum atomic E-state index is 10.2. The minimum atomic E-state index is -0.539. The third-order valence-corrected chi connectivity index (χ3v) is 4.72. The number of nitrogens with zero attached hydrogens (tertiary/aromatic N) is 2. The van der Waals surface area contributed by atoms with Crippen LogP contribution in [-0.2, 0) is 4.74 Å². The predicted octanol–water partition coefficient (Wildman–Crippen LogP) is 2.23. The van der Waals surface area contributed by atoms with Crippen LogP contribution in [0.15, 0.2) is 4.99 Å². The van der Waals surface area contributed by atoms with Crippen LogP contribution >= 0.6 is 24.0 Å². The molecule has 0 bridgehead atoms. The number of hydrogen-bond acceptors (Lipinski definition) is 3. The summed E-state index contributed by atoms with van der Waals surface area (Å²) in [6, 6.07) is 0. The molecule has 1 saturated carbocycles. The molecule has 1 aliphatic carbocycles. The molecule has 2 fully saturated rings. The normalized spacial score (nSPS) is 21.7. The molecule has 0 radical (unpaired) electrons. The molecule has 2 rings (SSSR count). The highest BCUT2D eigenvalue weighted by Gasteiger charge is 2.34. The molecule has 1 aliphatic heterocycles. The molecule has 0 amide bonds. The van der Waals surface area contributed by atoms with Gasteiger partial charge in [0.1, 0.15) is 0 Å². The van der Waals surface area contributed by atoms with Crippen molar-refractivity contribution in [2.45, 2.75) is 51.0 Å². The quantitative estimate of drug-likeness (QED) is 0.390. The molecular formula is C16H32IN3O2. The highest BCUT2D eigenvalue weighted by molar-refractivity contribution is 14.0. The number of halogens is 1. The van der Waals surface area contributed by atoms with Crippen LogP contribution in [-0.4, -0.2) is 61.5 Å². The Balaban J connectivity index is 0.00000242. The lowest BCUT2D eigenvalue weighted by Crippen LogP contribution is -2.44. The topological polar surface area (TPSA) is 57.1 Å². The number of hydrogen-bond donors (Lipinski definition) is 2. The van der Waals surface area contributed by atoms with Crippen LogP contribution in [0.2, 0.25) is 0 Å². The highest BCUT2D eigenvalue weighted by Crippen LogP contribution is 2.31. The zero-order valence-corrected chi connectivity index (χ0v) is 16.3. The van der Waals surface area contributed by atoms with Crippen LogP contribution in [0.5, 0.6) is 0 Å². The molecule has 2 aliphatic rings. The van der Waals surface area contributed by atoms with Crippen molar-refractivity contribution in [2.75, 3.05) is 39.9 Å². The van der Waals surface area contributed by atoms with Crippen molar-refractivity contribution < 1.29 is 9.84 Å². The summed E-state index contributed by atoms with van der Waals surface area (Å²) < 4.78 is 5.41. The van der Waals surface area contributed by atoms with E-state index in [1.807, 2.05) is 0 Å². The van der Waals surface area contributed by atoms with Crippen molar-refractivity contribution in [2.24, 2.45) is 10.9 Å². The average Bonchev–Trinajstić information content (AvgIpc) is 2.48. The van der Waals surface area contributed by atoms with Gasteiger partial charge in [0.25, 0.3) is 0 Å². The average molecular weight is 425 g/mol. The van der Waals surface area contributed by atoms with E-state index in [1.54, 1.807) is 0 Å². The lowest BCUT2D eigenvalue weighted by Gasteiger charge is -2.35. The Morgan fingerprint density at radius 2 is 2.05 bits per heavy atom. The van der Waals surface area contributed by atoms with E-state index in [-0.39, 0.29) is 24.0 Å². The first-order chi connectivity index (χ1) is 10.1. The second-order valence-electron chi connectivity index (χ2n) is 6.51. The van der Waals surface area contributed by atoms with Crippen LogP contribution in [0.4, 0.5) is 0 Å². The third kappa shape index (κ3) is 6.20. The molecule has 2 N–H and O–H groups in total. The van der Waals surface area contributed by atoms with Crippen molar-refractivity contribution in [3.05, 3.63) is 0 Å². The van der Waals surface area contributed by atoms with Crippen LogP contribution in [0.25, 0.3) is 0 Å². The van der Waals surface area contributed by atoms with Gasteiger partial charge >= 0.3 is 0 Å². The van der Waals surface area contributed by atoms with Gasteiger partial charge in [-0.1, -0.05) is 0 Å². The van der Waals surface area contributed by atoms with Crippen molar-refractivity contribution in [3.8, 4) is 0 Å².